The average molecular weight is 735 g/mol. The van der Waals surface area contributed by atoms with E-state index in [2.05, 4.69) is 118 Å². The van der Waals surface area contributed by atoms with Crippen molar-refractivity contribution in [3.05, 3.63) is 83.7 Å². The van der Waals surface area contributed by atoms with Crippen molar-refractivity contribution in [3.8, 4) is 22.5 Å². The summed E-state index contributed by atoms with van der Waals surface area (Å²) >= 11 is 0. The van der Waals surface area contributed by atoms with Crippen LogP contribution >= 0.6 is 0 Å². The first-order chi connectivity index (χ1) is 26.0. The van der Waals surface area contributed by atoms with Crippen LogP contribution in [0.1, 0.15) is 69.2 Å². The Balaban J connectivity index is 0.964. The lowest BCUT2D eigenvalue weighted by Gasteiger charge is -2.22. The second kappa shape index (κ2) is 15.1. The number of nitrogens with zero attached hydrogens (tertiary/aromatic N) is 4. The molecule has 4 amide bonds. The highest BCUT2D eigenvalue weighted by atomic mass is 16.5. The quantitative estimate of drug-likeness (QED) is 0.124. The third kappa shape index (κ3) is 7.49. The first-order valence-electron chi connectivity index (χ1n) is 18.9. The first kappa shape index (κ1) is 36.9. The molecule has 4 aromatic rings. The van der Waals surface area contributed by atoms with Gasteiger partial charge < -0.3 is 35.1 Å². The van der Waals surface area contributed by atoms with E-state index in [1.165, 1.54) is 18.2 Å². The maximum Gasteiger partial charge on any atom is 0.407 e. The predicted octanol–water partition coefficient (Wildman–Crippen LogP) is 5.05. The van der Waals surface area contributed by atoms with Gasteiger partial charge in [0.2, 0.25) is 18.2 Å². The normalized spacial score (nSPS) is 26.4. The molecule has 3 aliphatic rings. The minimum absolute atomic E-state index is 0.0201. The van der Waals surface area contributed by atoms with E-state index in [-0.39, 0.29) is 37.0 Å². The molecule has 4 N–H and O–H groups in total. The van der Waals surface area contributed by atoms with Crippen LogP contribution in [0.5, 0.6) is 0 Å². The maximum atomic E-state index is 13.1. The number of hydrogen-bond acceptors (Lipinski definition) is 7. The van der Waals surface area contributed by atoms with Gasteiger partial charge in [-0.15, -0.1) is 0 Å². The van der Waals surface area contributed by atoms with Crippen molar-refractivity contribution in [2.75, 3.05) is 20.2 Å². The summed E-state index contributed by atoms with van der Waals surface area (Å²) in [5, 5.41) is 5.00. The fourth-order valence-corrected chi connectivity index (χ4v) is 8.44. The highest BCUT2D eigenvalue weighted by Gasteiger charge is 2.50. The molecule has 2 heterocycles. The molecule has 284 valence electrons. The Labute approximate surface area is 315 Å². The number of aromatic nitrogens is 4. The zero-order valence-electron chi connectivity index (χ0n) is 31.7. The van der Waals surface area contributed by atoms with Gasteiger partial charge in [0.1, 0.15) is 18.2 Å². The van der Waals surface area contributed by atoms with Crippen LogP contribution in [0.25, 0.3) is 22.5 Å². The Morgan fingerprint density at radius 2 is 1.11 bits per heavy atom. The van der Waals surface area contributed by atoms with Crippen molar-refractivity contribution in [2.24, 2.45) is 29.6 Å². The van der Waals surface area contributed by atoms with E-state index in [0.717, 1.165) is 28.3 Å². The summed E-state index contributed by atoms with van der Waals surface area (Å²) in [4.78, 5) is 67.9. The van der Waals surface area contributed by atoms with Crippen LogP contribution < -0.4 is 10.6 Å². The molecule has 13 nitrogen and oxygen atoms in total. The Bertz CT molecular complexity index is 1970. The molecule has 3 fully saturated rings. The van der Waals surface area contributed by atoms with E-state index in [1.807, 2.05) is 17.3 Å². The maximum absolute atomic E-state index is 13.1. The van der Waals surface area contributed by atoms with E-state index in [4.69, 9.17) is 0 Å². The van der Waals surface area contributed by atoms with Gasteiger partial charge >= 0.3 is 6.09 Å². The summed E-state index contributed by atoms with van der Waals surface area (Å²) in [5.41, 5.74) is 6.44. The predicted molar refractivity (Wildman–Crippen MR) is 202 cm³/mol. The second-order valence-corrected chi connectivity index (χ2v) is 15.4. The number of methoxy groups -OCH3 is 1. The molecule has 9 atom stereocenters. The number of imidazole rings is 2. The molecule has 13 heteroatoms. The summed E-state index contributed by atoms with van der Waals surface area (Å²) in [6.07, 6.45) is 3.55. The van der Waals surface area contributed by atoms with Crippen LogP contribution in [-0.4, -0.2) is 86.3 Å². The van der Waals surface area contributed by atoms with Gasteiger partial charge in [0.05, 0.1) is 50.5 Å². The van der Waals surface area contributed by atoms with E-state index in [0.29, 0.717) is 66.7 Å². The monoisotopic (exact) mass is 734 g/mol. The summed E-state index contributed by atoms with van der Waals surface area (Å²) in [6.45, 7) is 11.4. The molecule has 3 saturated carbocycles. The number of carbonyl (C=O) groups is 4. The number of hydrogen-bond donors (Lipinski definition) is 4. The van der Waals surface area contributed by atoms with Gasteiger partial charge in [0.25, 0.3) is 0 Å². The van der Waals surface area contributed by atoms with Gasteiger partial charge in [-0.05, 0) is 63.7 Å². The molecule has 2 aromatic carbocycles. The zero-order chi connectivity index (χ0) is 38.3. The summed E-state index contributed by atoms with van der Waals surface area (Å²) in [7, 11) is 1.28. The van der Waals surface area contributed by atoms with Crippen molar-refractivity contribution in [1.82, 2.24) is 40.4 Å². The number of alkyl carbamates (subject to hydrolysis) is 1. The van der Waals surface area contributed by atoms with Gasteiger partial charge in [-0.3, -0.25) is 14.4 Å². The van der Waals surface area contributed by atoms with E-state index < -0.39 is 6.09 Å². The number of nitrogens with one attached hydrogen (secondary N) is 4. The van der Waals surface area contributed by atoms with Crippen molar-refractivity contribution in [3.63, 3.8) is 0 Å². The van der Waals surface area contributed by atoms with E-state index >= 15 is 0 Å². The molecule has 54 heavy (non-hydrogen) atoms. The largest absolute Gasteiger partial charge is 0.453 e. The fraction of sp³-hybridized carbons (Fsp3) is 0.463. The van der Waals surface area contributed by atoms with Gasteiger partial charge in [0, 0.05) is 12.1 Å². The average Bonchev–Trinajstić information content (AvgIpc) is 3.97. The van der Waals surface area contributed by atoms with Gasteiger partial charge in [-0.1, -0.05) is 83.1 Å². The Morgan fingerprint density at radius 1 is 0.685 bits per heavy atom. The number of benzene rings is 2. The van der Waals surface area contributed by atoms with Crippen molar-refractivity contribution < 1.29 is 23.9 Å². The van der Waals surface area contributed by atoms with Crippen LogP contribution in [0, 0.1) is 29.6 Å². The number of aromatic amines is 2. The summed E-state index contributed by atoms with van der Waals surface area (Å²) < 4.78 is 4.62. The van der Waals surface area contributed by atoms with Crippen molar-refractivity contribution >= 4 is 24.3 Å². The number of H-pyrrole nitrogens is 2. The molecule has 2 aromatic heterocycles. The van der Waals surface area contributed by atoms with E-state index in [1.54, 1.807) is 4.90 Å². The molecule has 0 aliphatic heterocycles. The highest BCUT2D eigenvalue weighted by molar-refractivity contribution is 5.83. The lowest BCUT2D eigenvalue weighted by atomic mass is 10.0. The van der Waals surface area contributed by atoms with Gasteiger partial charge in [-0.2, -0.15) is 0 Å². The number of amides is 4. The smallest absolute Gasteiger partial charge is 0.407 e. The minimum atomic E-state index is -0.631. The molecular formula is C41H50N8O5. The van der Waals surface area contributed by atoms with Crippen molar-refractivity contribution in [1.29, 1.82) is 0 Å². The molecule has 0 radical (unpaired) electrons. The second-order valence-electron chi connectivity index (χ2n) is 15.4. The third-order valence-electron chi connectivity index (χ3n) is 12.3. The van der Waals surface area contributed by atoms with Crippen LogP contribution in [0.2, 0.25) is 0 Å². The minimum Gasteiger partial charge on any atom is -0.453 e. The standard InChI is InChI=1S/C41H50N8O5/c1-22-23(2)39(22)48(35(51)17-42-21-50)19-33-43-15-31(46-33)27-7-11-29(12-8-27)37-26(5)38(37)30-13-9-28(10-14-30)32-16-44-34(47-32)20-49(40-24(3)25(40)4)36(52)18-45-41(53)54-6/h7-16,21-26,37-40H,17-20H2,1-6H3,(H,42,50)(H,43,46)(H,44,47)(H,45,53)/t22-,23?,24-,25?,26+,37?,38?,39?,40?/m1/s1. The summed E-state index contributed by atoms with van der Waals surface area (Å²) in [5.74, 6) is 4.07. The Hall–Kier alpha value is -5.46. The molecule has 0 saturated heterocycles. The van der Waals surface area contributed by atoms with Gasteiger partial charge in [-0.25, -0.2) is 14.8 Å². The molecule has 7 rings (SSSR count). The number of carbonyl (C=O) groups excluding carboxylic acids is 4. The fourth-order valence-electron chi connectivity index (χ4n) is 8.44. The molecule has 3 aliphatic carbocycles. The zero-order valence-corrected chi connectivity index (χ0v) is 31.7. The molecular weight excluding hydrogens is 685 g/mol. The number of ether oxygens (including phenoxy) is 1. The molecule has 0 bridgehead atoms. The first-order valence-corrected chi connectivity index (χ1v) is 18.9. The van der Waals surface area contributed by atoms with Crippen LogP contribution in [0.3, 0.4) is 0 Å². The highest BCUT2D eigenvalue weighted by Crippen LogP contribution is 2.60. The SMILES string of the molecule is COC(=O)NCC(=O)N(Cc1ncc(-c2ccc(C3C(c4ccc(-c5cnc(CN(C(=O)CNC=O)C6C(C)[C@H]6C)[nH]5)cc4)[C@@H]3C)cc2)[nH]1)C1C(C)[C@H]1C. The van der Waals surface area contributed by atoms with Crippen LogP contribution in [0.15, 0.2) is 60.9 Å². The van der Waals surface area contributed by atoms with Crippen LogP contribution in [0.4, 0.5) is 4.79 Å². The lowest BCUT2D eigenvalue weighted by Crippen LogP contribution is -2.42. The Kier molecular flexibility index (Phi) is 10.3. The number of rotatable bonds is 15. The third-order valence-corrected chi connectivity index (χ3v) is 12.3. The molecule has 0 spiro atoms. The summed E-state index contributed by atoms with van der Waals surface area (Å²) in [6, 6.07) is 17.6. The lowest BCUT2D eigenvalue weighted by molar-refractivity contribution is -0.133. The topological polar surface area (TPSA) is 165 Å². The van der Waals surface area contributed by atoms with E-state index in [9.17, 15) is 19.2 Å². The van der Waals surface area contributed by atoms with Gasteiger partial charge in [0.15, 0.2) is 0 Å². The van der Waals surface area contributed by atoms with Crippen molar-refractivity contribution in [2.45, 2.75) is 71.6 Å². The van der Waals surface area contributed by atoms with Crippen LogP contribution in [-0.2, 0) is 32.2 Å². The Morgan fingerprint density at radius 3 is 1.50 bits per heavy atom. The molecule has 6 unspecified atom stereocenters.